The molecule has 1 aliphatic heterocycles. The zero-order valence-corrected chi connectivity index (χ0v) is 10.2. The molecule has 0 bridgehead atoms. The van der Waals surface area contributed by atoms with Gasteiger partial charge in [-0.1, -0.05) is 0 Å². The summed E-state index contributed by atoms with van der Waals surface area (Å²) in [7, 11) is 0. The number of hydrogen-bond donors (Lipinski definition) is 1. The monoisotopic (exact) mass is 276 g/mol. The minimum absolute atomic E-state index is 0.00782. The lowest BCUT2D eigenvalue weighted by Crippen LogP contribution is -2.43. The van der Waals surface area contributed by atoms with Crippen LogP contribution in [0.2, 0.25) is 0 Å². The molecular weight excluding hydrogens is 261 g/mol. The molecule has 1 aromatic rings. The van der Waals surface area contributed by atoms with Gasteiger partial charge in [-0.25, -0.2) is 0 Å². The van der Waals surface area contributed by atoms with E-state index in [0.717, 1.165) is 0 Å². The first kappa shape index (κ1) is 13.7. The number of hydrogen-bond acceptors (Lipinski definition) is 3. The normalized spacial score (nSPS) is 17.7. The molecule has 19 heavy (non-hydrogen) atoms. The number of nitrogens with zero attached hydrogens (tertiary/aromatic N) is 3. The summed E-state index contributed by atoms with van der Waals surface area (Å²) in [4.78, 5) is 13.3. The van der Waals surface area contributed by atoms with Crippen LogP contribution in [0.3, 0.4) is 0 Å². The van der Waals surface area contributed by atoms with E-state index < -0.39 is 12.1 Å². The number of carbonyl (C=O) groups is 1. The first-order valence-corrected chi connectivity index (χ1v) is 5.99. The third-order valence-corrected chi connectivity index (χ3v) is 3.27. The van der Waals surface area contributed by atoms with Gasteiger partial charge >= 0.3 is 6.18 Å². The van der Waals surface area contributed by atoms with Crippen molar-refractivity contribution in [3.8, 4) is 0 Å². The predicted molar refractivity (Wildman–Crippen MR) is 62.0 cm³/mol. The highest BCUT2D eigenvalue weighted by Crippen LogP contribution is 2.34. The number of nitrogens with two attached hydrogens (primary N) is 1. The van der Waals surface area contributed by atoms with Crippen LogP contribution in [0, 0.1) is 5.92 Å². The molecule has 0 radical (unpaired) electrons. The third-order valence-electron chi connectivity index (χ3n) is 3.27. The van der Waals surface area contributed by atoms with Crippen LogP contribution in [0.1, 0.15) is 12.8 Å². The fourth-order valence-electron chi connectivity index (χ4n) is 2.16. The first-order chi connectivity index (χ1) is 8.86. The van der Waals surface area contributed by atoms with E-state index in [4.69, 9.17) is 5.73 Å². The third kappa shape index (κ3) is 3.39. The number of alkyl halides is 3. The maximum Gasteiger partial charge on any atom is 0.391 e. The van der Waals surface area contributed by atoms with Gasteiger partial charge in [0.2, 0.25) is 5.91 Å². The Labute approximate surface area is 108 Å². The van der Waals surface area contributed by atoms with E-state index in [2.05, 4.69) is 5.10 Å². The van der Waals surface area contributed by atoms with Gasteiger partial charge in [0.05, 0.1) is 5.92 Å². The molecule has 5 nitrogen and oxygen atoms in total. The molecule has 2 N–H and O–H groups in total. The van der Waals surface area contributed by atoms with E-state index in [9.17, 15) is 18.0 Å². The molecule has 2 rings (SSSR count). The maximum absolute atomic E-state index is 12.5. The SMILES string of the molecule is Nc1ccn(CC(=O)N2CCC(C(F)(F)F)CC2)n1. The van der Waals surface area contributed by atoms with Crippen LogP contribution in [0.4, 0.5) is 19.0 Å². The topological polar surface area (TPSA) is 64.2 Å². The second kappa shape index (κ2) is 5.10. The van der Waals surface area contributed by atoms with E-state index in [1.165, 1.54) is 9.58 Å². The first-order valence-electron chi connectivity index (χ1n) is 5.99. The number of rotatable bonds is 2. The van der Waals surface area contributed by atoms with Crippen LogP contribution in [0.25, 0.3) is 0 Å². The van der Waals surface area contributed by atoms with Gasteiger partial charge in [0, 0.05) is 19.3 Å². The summed E-state index contributed by atoms with van der Waals surface area (Å²) in [6.45, 7) is 0.285. The van der Waals surface area contributed by atoms with Gasteiger partial charge in [-0.3, -0.25) is 9.48 Å². The maximum atomic E-state index is 12.5. The second-order valence-electron chi connectivity index (χ2n) is 4.63. The minimum atomic E-state index is -4.16. The second-order valence-corrected chi connectivity index (χ2v) is 4.63. The van der Waals surface area contributed by atoms with Crippen molar-refractivity contribution < 1.29 is 18.0 Å². The van der Waals surface area contributed by atoms with Crippen molar-refractivity contribution in [2.75, 3.05) is 18.8 Å². The molecule has 1 amide bonds. The summed E-state index contributed by atoms with van der Waals surface area (Å²) in [5.74, 6) is -1.22. The molecular formula is C11H15F3N4O. The van der Waals surface area contributed by atoms with Gasteiger partial charge < -0.3 is 10.6 Å². The molecule has 2 heterocycles. The Balaban J connectivity index is 1.86. The number of piperidine rings is 1. The molecule has 0 spiro atoms. The fourth-order valence-corrected chi connectivity index (χ4v) is 2.16. The molecule has 0 aromatic carbocycles. The Morgan fingerprint density at radius 1 is 1.42 bits per heavy atom. The smallest absolute Gasteiger partial charge is 0.382 e. The lowest BCUT2D eigenvalue weighted by Gasteiger charge is -2.32. The van der Waals surface area contributed by atoms with Crippen LogP contribution >= 0.6 is 0 Å². The minimum Gasteiger partial charge on any atom is -0.382 e. The lowest BCUT2D eigenvalue weighted by molar-refractivity contribution is -0.186. The summed E-state index contributed by atoms with van der Waals surface area (Å²) in [5.41, 5.74) is 5.42. The largest absolute Gasteiger partial charge is 0.391 e. The molecule has 106 valence electrons. The molecule has 1 saturated heterocycles. The fraction of sp³-hybridized carbons (Fsp3) is 0.636. The van der Waals surface area contributed by atoms with Crippen molar-refractivity contribution in [1.82, 2.24) is 14.7 Å². The Bertz CT molecular complexity index is 449. The van der Waals surface area contributed by atoms with E-state index in [1.807, 2.05) is 0 Å². The number of anilines is 1. The number of halogens is 3. The van der Waals surface area contributed by atoms with E-state index in [1.54, 1.807) is 12.3 Å². The quantitative estimate of drug-likeness (QED) is 0.884. The van der Waals surface area contributed by atoms with Crippen molar-refractivity contribution in [3.63, 3.8) is 0 Å². The predicted octanol–water partition coefficient (Wildman–Crippen LogP) is 1.27. The summed E-state index contributed by atoms with van der Waals surface area (Å²) < 4.78 is 38.8. The van der Waals surface area contributed by atoms with Crippen LogP contribution < -0.4 is 5.73 Å². The molecule has 1 aromatic heterocycles. The Kier molecular flexibility index (Phi) is 3.68. The van der Waals surface area contributed by atoms with Crippen LogP contribution in [-0.4, -0.2) is 39.9 Å². The van der Waals surface area contributed by atoms with Crippen molar-refractivity contribution in [3.05, 3.63) is 12.3 Å². The highest BCUT2D eigenvalue weighted by Gasteiger charge is 2.41. The van der Waals surface area contributed by atoms with Gasteiger partial charge in [0.1, 0.15) is 12.4 Å². The van der Waals surface area contributed by atoms with E-state index in [-0.39, 0.29) is 38.4 Å². The zero-order valence-electron chi connectivity index (χ0n) is 10.2. The number of aromatic nitrogens is 2. The Morgan fingerprint density at radius 2 is 2.05 bits per heavy atom. The number of nitrogen functional groups attached to an aromatic ring is 1. The zero-order chi connectivity index (χ0) is 14.0. The Morgan fingerprint density at radius 3 is 2.53 bits per heavy atom. The van der Waals surface area contributed by atoms with Gasteiger partial charge in [-0.2, -0.15) is 18.3 Å². The van der Waals surface area contributed by atoms with Crippen LogP contribution in [-0.2, 0) is 11.3 Å². The lowest BCUT2D eigenvalue weighted by atomic mass is 9.96. The highest BCUT2D eigenvalue weighted by atomic mass is 19.4. The standard InChI is InChI=1S/C11H15F3N4O/c12-11(13,14)8-1-4-17(5-2-8)10(19)7-18-6-3-9(15)16-18/h3,6,8H,1-2,4-5,7H2,(H2,15,16). The molecule has 0 aliphatic carbocycles. The van der Waals surface area contributed by atoms with E-state index >= 15 is 0 Å². The molecule has 1 aliphatic rings. The summed E-state index contributed by atoms with van der Waals surface area (Å²) >= 11 is 0. The summed E-state index contributed by atoms with van der Waals surface area (Å²) in [6.07, 6.45) is -2.66. The number of amides is 1. The molecule has 8 heteroatoms. The molecule has 1 fully saturated rings. The molecule has 0 unspecified atom stereocenters. The van der Waals surface area contributed by atoms with Crippen LogP contribution in [0.5, 0.6) is 0 Å². The van der Waals surface area contributed by atoms with Crippen molar-refractivity contribution in [2.24, 2.45) is 5.92 Å². The average Bonchev–Trinajstić information content (AvgIpc) is 2.74. The molecule has 0 saturated carbocycles. The van der Waals surface area contributed by atoms with Crippen molar-refractivity contribution in [2.45, 2.75) is 25.6 Å². The van der Waals surface area contributed by atoms with Gasteiger partial charge in [0.25, 0.3) is 0 Å². The summed E-state index contributed by atoms with van der Waals surface area (Å²) in [6, 6.07) is 1.56. The van der Waals surface area contributed by atoms with Crippen molar-refractivity contribution in [1.29, 1.82) is 0 Å². The van der Waals surface area contributed by atoms with Gasteiger partial charge in [-0.15, -0.1) is 0 Å². The average molecular weight is 276 g/mol. The van der Waals surface area contributed by atoms with Gasteiger partial charge in [0.15, 0.2) is 0 Å². The number of carbonyl (C=O) groups excluding carboxylic acids is 1. The molecule has 0 atom stereocenters. The van der Waals surface area contributed by atoms with E-state index in [0.29, 0.717) is 5.82 Å². The summed E-state index contributed by atoms with van der Waals surface area (Å²) in [5, 5.41) is 3.87. The van der Waals surface area contributed by atoms with Crippen LogP contribution in [0.15, 0.2) is 12.3 Å². The number of likely N-dealkylation sites (tertiary alicyclic amines) is 1. The highest BCUT2D eigenvalue weighted by molar-refractivity contribution is 5.76. The van der Waals surface area contributed by atoms with Crippen molar-refractivity contribution >= 4 is 11.7 Å². The Hall–Kier alpha value is -1.73. The van der Waals surface area contributed by atoms with Gasteiger partial charge in [-0.05, 0) is 18.9 Å².